The Balaban J connectivity index is 2.26. The lowest BCUT2D eigenvalue weighted by Crippen LogP contribution is -2.46. The lowest BCUT2D eigenvalue weighted by molar-refractivity contribution is -0.144. The van der Waals surface area contributed by atoms with Crippen molar-refractivity contribution in [3.8, 4) is 5.69 Å². The molecule has 0 spiro atoms. The van der Waals surface area contributed by atoms with E-state index in [0.717, 1.165) is 25.4 Å². The third kappa shape index (κ3) is 2.67. The quantitative estimate of drug-likeness (QED) is 0.685. The Morgan fingerprint density at radius 3 is 2.35 bits per heavy atom. The molecule has 0 saturated carbocycles. The number of aryl methyl sites for hydroxylation is 3. The van der Waals surface area contributed by atoms with E-state index in [-0.39, 0.29) is 5.69 Å². The van der Waals surface area contributed by atoms with Crippen LogP contribution < -0.4 is 11.2 Å². The number of aromatic nitrogens is 3. The lowest BCUT2D eigenvalue weighted by Gasteiger charge is -2.20. The number of benzene rings is 1. The first-order valence-corrected chi connectivity index (χ1v) is 7.86. The minimum atomic E-state index is -1.23. The molecule has 9 heteroatoms. The maximum Gasteiger partial charge on any atom is 0.351 e. The summed E-state index contributed by atoms with van der Waals surface area (Å²) < 4.78 is 1.91. The molecule has 3 rings (SSSR count). The zero-order chi connectivity index (χ0) is 19.2. The van der Waals surface area contributed by atoms with Gasteiger partial charge in [0.05, 0.1) is 5.69 Å². The largest absolute Gasteiger partial charge is 0.351 e. The van der Waals surface area contributed by atoms with Crippen LogP contribution in [-0.2, 0) is 16.6 Å². The number of amides is 1. The van der Waals surface area contributed by atoms with Crippen molar-refractivity contribution in [2.75, 3.05) is 7.05 Å². The van der Waals surface area contributed by atoms with Gasteiger partial charge in [-0.05, 0) is 37.1 Å². The van der Waals surface area contributed by atoms with Crippen molar-refractivity contribution in [2.24, 2.45) is 12.1 Å². The second-order valence-electron chi connectivity index (χ2n) is 6.14. The summed E-state index contributed by atoms with van der Waals surface area (Å²) in [7, 11) is 2.72. The Hall–Kier alpha value is -3.36. The second kappa shape index (κ2) is 6.17. The molecule has 2 aromatic rings. The third-order valence-corrected chi connectivity index (χ3v) is 4.37. The fourth-order valence-corrected chi connectivity index (χ4v) is 2.65. The second-order valence-corrected chi connectivity index (χ2v) is 6.14. The summed E-state index contributed by atoms with van der Waals surface area (Å²) in [6.07, 6.45) is 1.18. The van der Waals surface area contributed by atoms with Crippen LogP contribution in [0.25, 0.3) is 5.69 Å². The number of nitrogens with zero attached hydrogens (tertiary/aromatic N) is 5. The van der Waals surface area contributed by atoms with Gasteiger partial charge in [-0.2, -0.15) is 10.2 Å². The van der Waals surface area contributed by atoms with Gasteiger partial charge in [0.15, 0.2) is 0 Å². The van der Waals surface area contributed by atoms with Crippen molar-refractivity contribution in [1.82, 2.24) is 19.4 Å². The minimum absolute atomic E-state index is 0.222. The molecule has 1 aromatic carbocycles. The van der Waals surface area contributed by atoms with E-state index in [2.05, 4.69) is 10.2 Å². The number of rotatable bonds is 2. The van der Waals surface area contributed by atoms with E-state index in [1.165, 1.54) is 20.3 Å². The van der Waals surface area contributed by atoms with Gasteiger partial charge in [0.25, 0.3) is 5.56 Å². The van der Waals surface area contributed by atoms with E-state index in [1.807, 2.05) is 13.8 Å². The van der Waals surface area contributed by atoms with Crippen molar-refractivity contribution in [3.63, 3.8) is 0 Å². The van der Waals surface area contributed by atoms with Gasteiger partial charge in [0, 0.05) is 20.3 Å². The van der Waals surface area contributed by atoms with E-state index < -0.39 is 28.9 Å². The average molecular weight is 355 g/mol. The monoisotopic (exact) mass is 355 g/mol. The number of likely N-dealkylation sites (N-methyl/N-ethyl adjacent to an activating group) is 1. The van der Waals surface area contributed by atoms with E-state index in [0.29, 0.717) is 5.69 Å². The van der Waals surface area contributed by atoms with Gasteiger partial charge in [-0.3, -0.25) is 14.4 Å². The first-order valence-electron chi connectivity index (χ1n) is 7.86. The highest BCUT2D eigenvalue weighted by Gasteiger charge is 2.35. The average Bonchev–Trinajstić information content (AvgIpc) is 2.60. The summed E-state index contributed by atoms with van der Waals surface area (Å²) in [6, 6.07) is 5.14. The molecule has 0 saturated heterocycles. The van der Waals surface area contributed by atoms with E-state index in [9.17, 15) is 19.2 Å². The van der Waals surface area contributed by atoms with Crippen LogP contribution in [-0.4, -0.2) is 44.3 Å². The van der Waals surface area contributed by atoms with Gasteiger partial charge >= 0.3 is 11.6 Å². The van der Waals surface area contributed by atoms with Crippen LogP contribution in [0.2, 0.25) is 0 Å². The van der Waals surface area contributed by atoms with Crippen LogP contribution in [0, 0.1) is 13.8 Å². The highest BCUT2D eigenvalue weighted by Crippen LogP contribution is 2.16. The minimum Gasteiger partial charge on any atom is -0.287 e. The Bertz CT molecular complexity index is 1080. The number of Topliss-reactive ketones (excluding diaryl/α,β-unsaturated/α-hetero) is 1. The number of hydrogen-bond donors (Lipinski definition) is 0. The van der Waals surface area contributed by atoms with Crippen LogP contribution >= 0.6 is 0 Å². The van der Waals surface area contributed by atoms with Crippen LogP contribution in [0.3, 0.4) is 0 Å². The Labute approximate surface area is 148 Å². The predicted octanol–water partition coefficient (Wildman–Crippen LogP) is -0.341. The zero-order valence-corrected chi connectivity index (χ0v) is 14.8. The Morgan fingerprint density at radius 2 is 1.69 bits per heavy atom. The summed E-state index contributed by atoms with van der Waals surface area (Å²) in [6.45, 7) is 3.78. The Kier molecular flexibility index (Phi) is 4.15. The smallest absolute Gasteiger partial charge is 0.287 e. The molecule has 0 bridgehead atoms. The molecule has 26 heavy (non-hydrogen) atoms. The molecule has 2 heterocycles. The summed E-state index contributed by atoms with van der Waals surface area (Å²) in [4.78, 5) is 49.5. The topological polar surface area (TPSA) is 107 Å². The predicted molar refractivity (Wildman–Crippen MR) is 93.6 cm³/mol. The normalized spacial score (nSPS) is 17.1. The number of carbonyl (C=O) groups is 2. The maximum atomic E-state index is 12.9. The molecule has 0 N–H and O–H groups in total. The molecule has 1 amide bonds. The lowest BCUT2D eigenvalue weighted by atomic mass is 10.00. The van der Waals surface area contributed by atoms with Crippen LogP contribution in [0.4, 0.5) is 0 Å². The highest BCUT2D eigenvalue weighted by molar-refractivity contribution is 6.42. The van der Waals surface area contributed by atoms with Crippen LogP contribution in [0.1, 0.15) is 22.7 Å². The van der Waals surface area contributed by atoms with Crippen LogP contribution in [0.5, 0.6) is 0 Å². The summed E-state index contributed by atoms with van der Waals surface area (Å²) >= 11 is 0. The van der Waals surface area contributed by atoms with E-state index in [1.54, 1.807) is 18.2 Å². The number of hydrogen-bond acceptors (Lipinski definition) is 6. The fraction of sp³-hybridized carbons (Fsp3) is 0.294. The standard InChI is InChI=1S/C17H17N5O4/c1-9-5-6-11(7-10(9)2)22-15(24)13(19-21(4)17(22)26)12-8-18-20(3)16(25)14(12)23/h5-8,12H,1-4H3. The van der Waals surface area contributed by atoms with Crippen molar-refractivity contribution < 1.29 is 9.59 Å². The number of carbonyl (C=O) groups excluding carboxylic acids is 2. The highest BCUT2D eigenvalue weighted by atomic mass is 16.2. The van der Waals surface area contributed by atoms with Crippen molar-refractivity contribution >= 4 is 17.9 Å². The molecule has 0 aliphatic carbocycles. The summed E-state index contributed by atoms with van der Waals surface area (Å²) in [5, 5.41) is 8.61. The zero-order valence-electron chi connectivity index (χ0n) is 14.8. The van der Waals surface area contributed by atoms with Crippen molar-refractivity contribution in [1.29, 1.82) is 0 Å². The molecule has 0 radical (unpaired) electrons. The number of ketones is 1. The molecule has 1 atom stereocenters. The third-order valence-electron chi connectivity index (χ3n) is 4.37. The van der Waals surface area contributed by atoms with E-state index in [4.69, 9.17) is 0 Å². The van der Waals surface area contributed by atoms with Crippen LogP contribution in [0.15, 0.2) is 32.9 Å². The fourth-order valence-electron chi connectivity index (χ4n) is 2.65. The molecule has 134 valence electrons. The SMILES string of the molecule is Cc1ccc(-n2c(=O)c(C3C=NN(C)C(=O)C3=O)nn(C)c2=O)cc1C. The molecule has 0 fully saturated rings. The van der Waals surface area contributed by atoms with Gasteiger partial charge < -0.3 is 0 Å². The van der Waals surface area contributed by atoms with Gasteiger partial charge in [-0.1, -0.05) is 6.07 Å². The maximum absolute atomic E-state index is 12.9. The van der Waals surface area contributed by atoms with Gasteiger partial charge in [-0.15, -0.1) is 0 Å². The van der Waals surface area contributed by atoms with Gasteiger partial charge in [-0.25, -0.2) is 19.1 Å². The van der Waals surface area contributed by atoms with Gasteiger partial charge in [0.2, 0.25) is 5.78 Å². The number of hydrazone groups is 1. The molecule has 9 nitrogen and oxygen atoms in total. The molecule has 1 aromatic heterocycles. The summed E-state index contributed by atoms with van der Waals surface area (Å²) in [5.74, 6) is -2.89. The first kappa shape index (κ1) is 17.5. The molecule has 1 aliphatic heterocycles. The summed E-state index contributed by atoms with van der Waals surface area (Å²) in [5.41, 5.74) is 0.661. The van der Waals surface area contributed by atoms with E-state index >= 15 is 0 Å². The van der Waals surface area contributed by atoms with Gasteiger partial charge in [0.1, 0.15) is 11.6 Å². The molecule has 1 aliphatic rings. The molecular weight excluding hydrogens is 338 g/mol. The molecule has 1 unspecified atom stereocenters. The molecular formula is C17H17N5O4. The van der Waals surface area contributed by atoms with Crippen molar-refractivity contribution in [3.05, 3.63) is 55.9 Å². The van der Waals surface area contributed by atoms with Crippen molar-refractivity contribution in [2.45, 2.75) is 19.8 Å². The first-order chi connectivity index (χ1) is 12.2. The Morgan fingerprint density at radius 1 is 1.00 bits per heavy atom.